The second kappa shape index (κ2) is 6.68. The zero-order chi connectivity index (χ0) is 13.7. The Hall–Kier alpha value is -1.39. The zero-order valence-electron chi connectivity index (χ0n) is 10.4. The van der Waals surface area contributed by atoms with E-state index in [1.165, 1.54) is 11.5 Å². The number of amides is 1. The van der Waals surface area contributed by atoms with Crippen LogP contribution >= 0.6 is 23.3 Å². The second-order valence-corrected chi connectivity index (χ2v) is 6.08. The van der Waals surface area contributed by atoms with E-state index >= 15 is 0 Å². The van der Waals surface area contributed by atoms with Crippen molar-refractivity contribution in [2.24, 2.45) is 0 Å². The number of carbonyl (C=O) groups is 1. The van der Waals surface area contributed by atoms with Gasteiger partial charge in [-0.1, -0.05) is 5.92 Å². The molecule has 1 saturated carbocycles. The monoisotopic (exact) mass is 296 g/mol. The van der Waals surface area contributed by atoms with Crippen molar-refractivity contribution in [3.63, 3.8) is 0 Å². The van der Waals surface area contributed by atoms with Crippen LogP contribution in [0.15, 0.2) is 0 Å². The number of nitrogens with one attached hydrogen (secondary N) is 2. The van der Waals surface area contributed by atoms with Gasteiger partial charge < -0.3 is 16.4 Å². The first kappa shape index (κ1) is 14.0. The molecule has 0 aliphatic heterocycles. The molecule has 0 spiro atoms. The van der Waals surface area contributed by atoms with Gasteiger partial charge in [0.15, 0.2) is 5.82 Å². The molecule has 1 amide bonds. The number of carbonyl (C=O) groups excluding carboxylic acids is 1. The topological polar surface area (TPSA) is 80.0 Å². The number of aromatic nitrogens is 1. The first-order valence-corrected chi connectivity index (χ1v) is 7.96. The Morgan fingerprint density at radius 1 is 1.63 bits per heavy atom. The van der Waals surface area contributed by atoms with Gasteiger partial charge in [-0.05, 0) is 24.4 Å². The van der Waals surface area contributed by atoms with Crippen molar-refractivity contribution in [2.75, 3.05) is 29.1 Å². The summed E-state index contributed by atoms with van der Waals surface area (Å²) in [6.07, 6.45) is 7.27. The minimum atomic E-state index is -0.132. The molecular weight excluding hydrogens is 280 g/mol. The summed E-state index contributed by atoms with van der Waals surface area (Å²) >= 11 is 2.89. The Labute approximate surface area is 120 Å². The highest BCUT2D eigenvalue weighted by Crippen LogP contribution is 2.28. The van der Waals surface area contributed by atoms with Crippen molar-refractivity contribution in [3.05, 3.63) is 5.56 Å². The maximum Gasteiger partial charge on any atom is 0.258 e. The molecular formula is C12H16N4OS2. The van der Waals surface area contributed by atoms with Crippen molar-refractivity contribution >= 4 is 40.0 Å². The lowest BCUT2D eigenvalue weighted by atomic mass is 10.3. The summed E-state index contributed by atoms with van der Waals surface area (Å²) in [6, 6.07) is 0.311. The number of hydrogen-bond acceptors (Lipinski definition) is 6. The van der Waals surface area contributed by atoms with Gasteiger partial charge in [0.1, 0.15) is 10.6 Å². The van der Waals surface area contributed by atoms with Crippen LogP contribution in [0.1, 0.15) is 23.2 Å². The van der Waals surface area contributed by atoms with Crippen molar-refractivity contribution in [1.82, 2.24) is 9.69 Å². The van der Waals surface area contributed by atoms with Gasteiger partial charge in [0, 0.05) is 18.3 Å². The van der Waals surface area contributed by atoms with E-state index < -0.39 is 0 Å². The molecule has 19 heavy (non-hydrogen) atoms. The highest BCUT2D eigenvalue weighted by atomic mass is 32.2. The Morgan fingerprint density at radius 2 is 2.42 bits per heavy atom. The predicted octanol–water partition coefficient (Wildman–Crippen LogP) is 1.40. The Morgan fingerprint density at radius 3 is 3.11 bits per heavy atom. The molecule has 0 atom stereocenters. The quantitative estimate of drug-likeness (QED) is 0.523. The fourth-order valence-electron chi connectivity index (χ4n) is 1.50. The molecule has 1 heterocycles. The van der Waals surface area contributed by atoms with Gasteiger partial charge in [-0.3, -0.25) is 4.79 Å². The number of nitrogen functional groups attached to an aromatic ring is 1. The zero-order valence-corrected chi connectivity index (χ0v) is 12.1. The van der Waals surface area contributed by atoms with Crippen LogP contribution in [0.25, 0.3) is 0 Å². The van der Waals surface area contributed by atoms with Crippen LogP contribution in [0.5, 0.6) is 0 Å². The molecule has 2 rings (SSSR count). The van der Waals surface area contributed by atoms with Crippen LogP contribution in [0.4, 0.5) is 10.8 Å². The summed E-state index contributed by atoms with van der Waals surface area (Å²) in [4.78, 5) is 12.0. The molecule has 0 bridgehead atoms. The average molecular weight is 296 g/mol. The molecule has 102 valence electrons. The van der Waals surface area contributed by atoms with Gasteiger partial charge in [0.25, 0.3) is 5.91 Å². The molecule has 0 unspecified atom stereocenters. The van der Waals surface area contributed by atoms with E-state index in [2.05, 4.69) is 20.9 Å². The summed E-state index contributed by atoms with van der Waals surface area (Å²) in [5.41, 5.74) is 6.23. The largest absolute Gasteiger partial charge is 0.382 e. The Bertz CT molecular complexity index is 490. The maximum atomic E-state index is 12.0. The fourth-order valence-corrected chi connectivity index (χ4v) is 2.74. The minimum Gasteiger partial charge on any atom is -0.382 e. The fraction of sp³-hybridized carbons (Fsp3) is 0.500. The van der Waals surface area contributed by atoms with E-state index in [9.17, 15) is 4.79 Å². The summed E-state index contributed by atoms with van der Waals surface area (Å²) < 4.78 is 4.04. The van der Waals surface area contributed by atoms with Gasteiger partial charge in [-0.25, -0.2) is 0 Å². The van der Waals surface area contributed by atoms with E-state index in [1.54, 1.807) is 11.8 Å². The van der Waals surface area contributed by atoms with Crippen molar-refractivity contribution in [2.45, 2.75) is 18.9 Å². The summed E-state index contributed by atoms with van der Waals surface area (Å²) in [7, 11) is 0. The van der Waals surface area contributed by atoms with Gasteiger partial charge in [-0.2, -0.15) is 4.37 Å². The molecule has 0 saturated heterocycles. The second-order valence-electron chi connectivity index (χ2n) is 4.20. The van der Waals surface area contributed by atoms with Crippen molar-refractivity contribution in [1.29, 1.82) is 0 Å². The smallest absolute Gasteiger partial charge is 0.258 e. The lowest BCUT2D eigenvalue weighted by Gasteiger charge is -2.07. The van der Waals surface area contributed by atoms with E-state index in [4.69, 9.17) is 12.2 Å². The Balaban J connectivity index is 1.89. The van der Waals surface area contributed by atoms with Crippen molar-refractivity contribution < 1.29 is 4.79 Å². The lowest BCUT2D eigenvalue weighted by molar-refractivity contribution is 0.0953. The van der Waals surface area contributed by atoms with E-state index in [1.807, 2.05) is 0 Å². The molecule has 7 heteroatoms. The SMILES string of the molecule is C#CCSCCNc1snc(N)c1C(=O)NC1CC1. The van der Waals surface area contributed by atoms with Crippen LogP contribution in [-0.4, -0.2) is 34.4 Å². The minimum absolute atomic E-state index is 0.132. The molecule has 5 nitrogen and oxygen atoms in total. The first-order valence-electron chi connectivity index (χ1n) is 6.03. The van der Waals surface area contributed by atoms with Gasteiger partial charge in [0.05, 0.1) is 5.75 Å². The van der Waals surface area contributed by atoms with Crippen LogP contribution in [0.3, 0.4) is 0 Å². The number of hydrogen-bond donors (Lipinski definition) is 3. The standard InChI is InChI=1S/C12H16N4OS2/c1-2-6-18-7-5-14-12-9(10(13)16-19-12)11(17)15-8-3-4-8/h1,8,14H,3-7H2,(H2,13,16)(H,15,17). The Kier molecular flexibility index (Phi) is 4.93. The summed E-state index contributed by atoms with van der Waals surface area (Å²) in [6.45, 7) is 0.734. The van der Waals surface area contributed by atoms with Gasteiger partial charge in [0.2, 0.25) is 0 Å². The maximum absolute atomic E-state index is 12.0. The predicted molar refractivity (Wildman–Crippen MR) is 81.7 cm³/mol. The third-order valence-electron chi connectivity index (χ3n) is 2.58. The number of anilines is 2. The van der Waals surface area contributed by atoms with Crippen molar-refractivity contribution in [3.8, 4) is 12.3 Å². The molecule has 0 aromatic carbocycles. The van der Waals surface area contributed by atoms with Gasteiger partial charge in [-0.15, -0.1) is 18.2 Å². The molecule has 4 N–H and O–H groups in total. The molecule has 1 aliphatic rings. The number of thioether (sulfide) groups is 1. The first-order chi connectivity index (χ1) is 9.22. The molecule has 0 radical (unpaired) electrons. The number of terminal acetylenes is 1. The van der Waals surface area contributed by atoms with E-state index in [0.717, 1.165) is 30.1 Å². The molecule has 1 aromatic heterocycles. The number of rotatable bonds is 7. The molecule has 1 fully saturated rings. The van der Waals surface area contributed by atoms with E-state index in [0.29, 0.717) is 23.2 Å². The average Bonchev–Trinajstić information content (AvgIpc) is 3.11. The van der Waals surface area contributed by atoms with Gasteiger partial charge >= 0.3 is 0 Å². The van der Waals surface area contributed by atoms with E-state index in [-0.39, 0.29) is 5.91 Å². The summed E-state index contributed by atoms with van der Waals surface area (Å²) in [5, 5.41) is 6.85. The highest BCUT2D eigenvalue weighted by molar-refractivity contribution is 7.99. The number of nitrogens with two attached hydrogens (primary N) is 1. The molecule has 1 aliphatic carbocycles. The van der Waals surface area contributed by atoms with Crippen LogP contribution in [-0.2, 0) is 0 Å². The van der Waals surface area contributed by atoms with Crippen LogP contribution < -0.4 is 16.4 Å². The number of nitrogens with zero attached hydrogens (tertiary/aromatic N) is 1. The third kappa shape index (κ3) is 4.04. The normalized spacial score (nSPS) is 13.8. The third-order valence-corrected chi connectivity index (χ3v) is 4.26. The lowest BCUT2D eigenvalue weighted by Crippen LogP contribution is -2.26. The van der Waals surface area contributed by atoms with Crippen LogP contribution in [0, 0.1) is 12.3 Å². The van der Waals surface area contributed by atoms with Crippen LogP contribution in [0.2, 0.25) is 0 Å². The summed E-state index contributed by atoms with van der Waals surface area (Å²) in [5.74, 6) is 4.31. The highest BCUT2D eigenvalue weighted by Gasteiger charge is 2.27. The molecule has 1 aromatic rings.